The first-order chi connectivity index (χ1) is 14.5. The van der Waals surface area contributed by atoms with E-state index < -0.39 is 11.9 Å². The van der Waals surface area contributed by atoms with Gasteiger partial charge in [-0.15, -0.1) is 11.3 Å². The lowest BCUT2D eigenvalue weighted by Gasteiger charge is -2.04. The molecule has 0 saturated carbocycles. The third kappa shape index (κ3) is 4.18. The van der Waals surface area contributed by atoms with E-state index in [1.54, 1.807) is 41.9 Å². The Labute approximate surface area is 174 Å². The van der Waals surface area contributed by atoms with Crippen LogP contribution < -0.4 is 5.32 Å². The second-order valence-electron chi connectivity index (χ2n) is 6.46. The number of hydrogen-bond donors (Lipinski definition) is 2. The van der Waals surface area contributed by atoms with E-state index in [1.807, 2.05) is 0 Å². The third-order valence-electron chi connectivity index (χ3n) is 4.37. The Bertz CT molecular complexity index is 1240. The molecule has 10 heteroatoms. The Morgan fingerprint density at radius 3 is 2.83 bits per heavy atom. The van der Waals surface area contributed by atoms with Crippen LogP contribution in [0.1, 0.15) is 28.2 Å². The van der Waals surface area contributed by atoms with E-state index in [0.29, 0.717) is 27.4 Å². The maximum Gasteiger partial charge on any atom is 0.303 e. The van der Waals surface area contributed by atoms with E-state index in [2.05, 4.69) is 20.4 Å². The maximum absolute atomic E-state index is 14.1. The number of nitrogens with zero attached hydrogens (tertiary/aromatic N) is 4. The normalized spacial score (nSPS) is 11.0. The molecule has 1 amide bonds. The fraction of sp³-hybridized carbons (Fsp3) is 0.150. The van der Waals surface area contributed by atoms with Gasteiger partial charge in [-0.1, -0.05) is 18.2 Å². The summed E-state index contributed by atoms with van der Waals surface area (Å²) in [4.78, 5) is 32.0. The predicted molar refractivity (Wildman–Crippen MR) is 109 cm³/mol. The molecule has 4 aromatic rings. The number of nitrogens with one attached hydrogen (secondary N) is 1. The third-order valence-corrected chi connectivity index (χ3v) is 5.17. The Balaban J connectivity index is 1.59. The second-order valence-corrected chi connectivity index (χ2v) is 7.32. The number of hydrogen-bond acceptors (Lipinski definition) is 6. The minimum atomic E-state index is -0.909. The lowest BCUT2D eigenvalue weighted by Crippen LogP contribution is -2.14. The van der Waals surface area contributed by atoms with Gasteiger partial charge in [0.15, 0.2) is 16.5 Å². The molecule has 30 heavy (non-hydrogen) atoms. The molecule has 0 saturated heterocycles. The number of carboxylic acids is 1. The van der Waals surface area contributed by atoms with Gasteiger partial charge in [0, 0.05) is 23.6 Å². The van der Waals surface area contributed by atoms with Crippen LogP contribution in [0, 0.1) is 5.82 Å². The topological polar surface area (TPSA) is 110 Å². The zero-order chi connectivity index (χ0) is 21.1. The fourth-order valence-corrected chi connectivity index (χ4v) is 3.69. The minimum absolute atomic E-state index is 0.0339. The number of aliphatic carboxylic acids is 1. The monoisotopic (exact) mass is 425 g/mol. The van der Waals surface area contributed by atoms with E-state index in [0.717, 1.165) is 0 Å². The quantitative estimate of drug-likeness (QED) is 0.470. The van der Waals surface area contributed by atoms with E-state index in [4.69, 9.17) is 5.11 Å². The number of rotatable bonds is 7. The number of carbonyl (C=O) groups excluding carboxylic acids is 1. The summed E-state index contributed by atoms with van der Waals surface area (Å²) in [6, 6.07) is 9.78. The number of aromatic nitrogens is 4. The van der Waals surface area contributed by atoms with Gasteiger partial charge in [-0.25, -0.2) is 19.0 Å². The smallest absolute Gasteiger partial charge is 0.303 e. The summed E-state index contributed by atoms with van der Waals surface area (Å²) in [5, 5.41) is 18.4. The van der Waals surface area contributed by atoms with E-state index >= 15 is 0 Å². The lowest BCUT2D eigenvalue weighted by atomic mass is 10.2. The van der Waals surface area contributed by atoms with Crippen molar-refractivity contribution in [1.82, 2.24) is 19.7 Å². The van der Waals surface area contributed by atoms with Crippen LogP contribution in [0.15, 0.2) is 48.0 Å². The van der Waals surface area contributed by atoms with Gasteiger partial charge in [0.05, 0.1) is 24.0 Å². The summed E-state index contributed by atoms with van der Waals surface area (Å²) in [5.74, 6) is -1.74. The fourth-order valence-electron chi connectivity index (χ4n) is 2.95. The Morgan fingerprint density at radius 2 is 2.03 bits per heavy atom. The zero-order valence-corrected chi connectivity index (χ0v) is 16.4. The SMILES string of the molecule is O=C(O)CCc1csc(NC(=O)c2nn(Cc3ccccc3F)c3ncccc23)n1. The molecule has 0 aliphatic heterocycles. The second kappa shape index (κ2) is 8.37. The van der Waals surface area contributed by atoms with Crippen molar-refractivity contribution in [3.63, 3.8) is 0 Å². The van der Waals surface area contributed by atoms with E-state index in [1.165, 1.54) is 22.1 Å². The number of thiazole rings is 1. The number of carbonyl (C=O) groups is 2. The van der Waals surface area contributed by atoms with Crippen molar-refractivity contribution in [1.29, 1.82) is 0 Å². The van der Waals surface area contributed by atoms with Crippen LogP contribution in [-0.2, 0) is 17.8 Å². The van der Waals surface area contributed by atoms with Crippen molar-refractivity contribution in [2.24, 2.45) is 0 Å². The highest BCUT2D eigenvalue weighted by atomic mass is 32.1. The van der Waals surface area contributed by atoms with Gasteiger partial charge in [0.1, 0.15) is 5.82 Å². The van der Waals surface area contributed by atoms with Crippen molar-refractivity contribution in [2.75, 3.05) is 5.32 Å². The molecule has 0 radical (unpaired) electrons. The Morgan fingerprint density at radius 1 is 1.20 bits per heavy atom. The lowest BCUT2D eigenvalue weighted by molar-refractivity contribution is -0.136. The molecule has 0 fully saturated rings. The number of fused-ring (bicyclic) bond motifs is 1. The molecule has 0 aliphatic rings. The summed E-state index contributed by atoms with van der Waals surface area (Å²) in [6.45, 7) is 0.129. The molecule has 2 N–H and O–H groups in total. The number of carboxylic acid groups (broad SMARTS) is 1. The summed E-state index contributed by atoms with van der Waals surface area (Å²) in [7, 11) is 0. The summed E-state index contributed by atoms with van der Waals surface area (Å²) < 4.78 is 15.5. The highest BCUT2D eigenvalue weighted by Crippen LogP contribution is 2.22. The van der Waals surface area contributed by atoms with Gasteiger partial charge in [-0.3, -0.25) is 14.9 Å². The van der Waals surface area contributed by atoms with Gasteiger partial charge >= 0.3 is 5.97 Å². The van der Waals surface area contributed by atoms with Crippen molar-refractivity contribution in [3.8, 4) is 0 Å². The molecule has 152 valence electrons. The van der Waals surface area contributed by atoms with Crippen LogP contribution in [-0.4, -0.2) is 36.7 Å². The highest BCUT2D eigenvalue weighted by molar-refractivity contribution is 7.14. The first kappa shape index (κ1) is 19.6. The highest BCUT2D eigenvalue weighted by Gasteiger charge is 2.20. The standard InChI is InChI=1S/C20H16FN5O3S/c21-15-6-2-1-4-12(15)10-26-18-14(5-3-9-22-18)17(25-26)19(29)24-20-23-13(11-30-20)7-8-16(27)28/h1-6,9,11H,7-8,10H2,(H,27,28)(H,23,24,29). The number of pyridine rings is 1. The molecular formula is C20H16FN5O3S. The number of benzene rings is 1. The van der Waals surface area contributed by atoms with Crippen LogP contribution in [0.4, 0.5) is 9.52 Å². The van der Waals surface area contributed by atoms with Crippen LogP contribution in [0.5, 0.6) is 0 Å². The molecular weight excluding hydrogens is 409 g/mol. The van der Waals surface area contributed by atoms with Crippen LogP contribution >= 0.6 is 11.3 Å². The Hall–Kier alpha value is -3.66. The van der Waals surface area contributed by atoms with Crippen molar-refractivity contribution in [2.45, 2.75) is 19.4 Å². The van der Waals surface area contributed by atoms with Gasteiger partial charge < -0.3 is 5.11 Å². The summed E-state index contributed by atoms with van der Waals surface area (Å²) >= 11 is 1.21. The molecule has 0 atom stereocenters. The van der Waals surface area contributed by atoms with Gasteiger partial charge in [-0.2, -0.15) is 5.10 Å². The molecule has 0 bridgehead atoms. The molecule has 4 rings (SSSR count). The number of aryl methyl sites for hydroxylation is 1. The average molecular weight is 425 g/mol. The average Bonchev–Trinajstić information content (AvgIpc) is 3.33. The van der Waals surface area contributed by atoms with E-state index in [-0.39, 0.29) is 30.9 Å². The van der Waals surface area contributed by atoms with Gasteiger partial charge in [0.25, 0.3) is 5.91 Å². The van der Waals surface area contributed by atoms with Crippen LogP contribution in [0.25, 0.3) is 11.0 Å². The van der Waals surface area contributed by atoms with Crippen molar-refractivity contribution in [3.05, 3.63) is 70.7 Å². The summed E-state index contributed by atoms with van der Waals surface area (Å²) in [6.07, 6.45) is 1.83. The Kier molecular flexibility index (Phi) is 5.48. The first-order valence-corrected chi connectivity index (χ1v) is 9.91. The molecule has 0 aliphatic carbocycles. The first-order valence-electron chi connectivity index (χ1n) is 9.04. The molecule has 0 unspecified atom stereocenters. The molecule has 3 heterocycles. The number of halogens is 1. The van der Waals surface area contributed by atoms with E-state index in [9.17, 15) is 14.0 Å². The molecule has 1 aromatic carbocycles. The molecule has 3 aromatic heterocycles. The van der Waals surface area contributed by atoms with Gasteiger partial charge in [-0.05, 0) is 18.2 Å². The maximum atomic E-state index is 14.1. The number of amides is 1. The van der Waals surface area contributed by atoms with Gasteiger partial charge in [0.2, 0.25) is 0 Å². The molecule has 0 spiro atoms. The predicted octanol–water partition coefficient (Wildman–Crippen LogP) is 3.34. The largest absolute Gasteiger partial charge is 0.481 e. The number of anilines is 1. The van der Waals surface area contributed by atoms with Crippen LogP contribution in [0.3, 0.4) is 0 Å². The minimum Gasteiger partial charge on any atom is -0.481 e. The van der Waals surface area contributed by atoms with Crippen molar-refractivity contribution >= 4 is 39.4 Å². The van der Waals surface area contributed by atoms with Crippen LogP contribution in [0.2, 0.25) is 0 Å². The molecule has 8 nitrogen and oxygen atoms in total. The van der Waals surface area contributed by atoms with Crippen molar-refractivity contribution < 1.29 is 19.1 Å². The summed E-state index contributed by atoms with van der Waals surface area (Å²) in [5.41, 5.74) is 1.64. The zero-order valence-electron chi connectivity index (χ0n) is 15.6.